The molecule has 7 nitrogen and oxygen atoms in total. The molecule has 0 fully saturated rings. The van der Waals surface area contributed by atoms with E-state index < -0.39 is 11.9 Å². The Morgan fingerprint density at radius 3 is 2.40 bits per heavy atom. The fraction of sp³-hybridized carbons (Fsp3) is 0.136. The van der Waals surface area contributed by atoms with Crippen molar-refractivity contribution in [3.8, 4) is 11.1 Å². The molecule has 2 amide bonds. The predicted molar refractivity (Wildman–Crippen MR) is 117 cm³/mol. The molecule has 1 heterocycles. The van der Waals surface area contributed by atoms with Gasteiger partial charge < -0.3 is 14.8 Å². The Balaban J connectivity index is 1.83. The monoisotopic (exact) mass is 423 g/mol. The van der Waals surface area contributed by atoms with E-state index in [4.69, 9.17) is 0 Å². The normalized spacial score (nSPS) is 12.2. The molecule has 0 aliphatic carbocycles. The largest absolute Gasteiger partial charge is 0.464 e. The van der Waals surface area contributed by atoms with Gasteiger partial charge in [0.2, 0.25) is 0 Å². The third kappa shape index (κ3) is 4.08. The Morgan fingerprint density at radius 1 is 1.10 bits per heavy atom. The van der Waals surface area contributed by atoms with Crippen LogP contribution in [-0.2, 0) is 20.9 Å². The molecule has 3 rings (SSSR count). The first kappa shape index (κ1) is 21.2. The van der Waals surface area contributed by atoms with E-state index >= 15 is 0 Å². The number of nitrogens with one attached hydrogen (secondary N) is 2. The highest BCUT2D eigenvalue weighted by atomic mass is 32.2. The summed E-state index contributed by atoms with van der Waals surface area (Å²) in [5, 5.41) is 2.31. The fourth-order valence-electron chi connectivity index (χ4n) is 3.16. The molecule has 0 saturated heterocycles. The Morgan fingerprint density at radius 2 is 1.77 bits per heavy atom. The van der Waals surface area contributed by atoms with Crippen molar-refractivity contribution in [2.45, 2.75) is 6.54 Å². The minimum absolute atomic E-state index is 0.0771. The average molecular weight is 423 g/mol. The molecule has 2 N–H and O–H groups in total. The van der Waals surface area contributed by atoms with E-state index in [2.05, 4.69) is 27.9 Å². The number of carbonyl (C=O) groups excluding carboxylic acids is 3. The van der Waals surface area contributed by atoms with E-state index in [1.165, 1.54) is 24.0 Å². The van der Waals surface area contributed by atoms with Crippen LogP contribution in [0, 0.1) is 0 Å². The number of esters is 1. The molecule has 0 spiro atoms. The maximum absolute atomic E-state index is 12.9. The lowest BCUT2D eigenvalue weighted by molar-refractivity contribution is -0.137. The summed E-state index contributed by atoms with van der Waals surface area (Å²) >= 11 is 1.51. The molecule has 0 aromatic heterocycles. The van der Waals surface area contributed by atoms with E-state index in [0.717, 1.165) is 22.4 Å². The number of benzene rings is 2. The molecule has 0 unspecified atom stereocenters. The van der Waals surface area contributed by atoms with E-state index in [1.807, 2.05) is 42.7 Å². The van der Waals surface area contributed by atoms with Crippen molar-refractivity contribution in [3.63, 3.8) is 0 Å². The van der Waals surface area contributed by atoms with Gasteiger partial charge >= 0.3 is 5.97 Å². The lowest BCUT2D eigenvalue weighted by Gasteiger charge is -2.18. The Hall–Kier alpha value is -3.52. The van der Waals surface area contributed by atoms with Gasteiger partial charge in [-0.2, -0.15) is 0 Å². The van der Waals surface area contributed by atoms with Gasteiger partial charge in [0.05, 0.1) is 13.7 Å². The van der Waals surface area contributed by atoms with E-state index in [0.29, 0.717) is 5.56 Å². The molecule has 0 atom stereocenters. The van der Waals surface area contributed by atoms with Crippen molar-refractivity contribution in [1.82, 2.24) is 10.2 Å². The summed E-state index contributed by atoms with van der Waals surface area (Å²) < 4.78 is 7.67. The molecule has 0 saturated carbocycles. The van der Waals surface area contributed by atoms with Crippen LogP contribution in [0.4, 0.5) is 5.69 Å². The zero-order valence-corrected chi connectivity index (χ0v) is 17.5. The van der Waals surface area contributed by atoms with Crippen LogP contribution in [-0.4, -0.2) is 36.0 Å². The third-order valence-corrected chi connectivity index (χ3v) is 5.11. The Kier molecular flexibility index (Phi) is 6.27. The molecule has 0 bridgehead atoms. The zero-order valence-electron chi connectivity index (χ0n) is 16.7. The molecule has 0 radical (unpaired) electrons. The number of fused-ring (bicyclic) bond motifs is 1. The summed E-state index contributed by atoms with van der Waals surface area (Å²) in [4.78, 5) is 38.1. The second kappa shape index (κ2) is 8.87. The van der Waals surface area contributed by atoms with Crippen molar-refractivity contribution in [2.24, 2.45) is 0 Å². The van der Waals surface area contributed by atoms with E-state index in [-0.39, 0.29) is 23.8 Å². The van der Waals surface area contributed by atoms with E-state index in [1.54, 1.807) is 6.07 Å². The van der Waals surface area contributed by atoms with Crippen molar-refractivity contribution in [3.05, 3.63) is 78.1 Å². The minimum atomic E-state index is -0.770. The first-order valence-corrected chi connectivity index (χ1v) is 10.2. The maximum atomic E-state index is 12.9. The first-order chi connectivity index (χ1) is 14.4. The van der Waals surface area contributed by atoms with Crippen LogP contribution in [0.25, 0.3) is 11.1 Å². The van der Waals surface area contributed by atoms with Crippen molar-refractivity contribution < 1.29 is 19.1 Å². The highest BCUT2D eigenvalue weighted by Crippen LogP contribution is 2.34. The lowest BCUT2D eigenvalue weighted by Crippen LogP contribution is -2.36. The van der Waals surface area contributed by atoms with Gasteiger partial charge in [0, 0.05) is 17.5 Å². The van der Waals surface area contributed by atoms with Crippen LogP contribution in [0.15, 0.2) is 67.0 Å². The molecule has 1 aliphatic rings. The van der Waals surface area contributed by atoms with Crippen molar-refractivity contribution in [2.75, 3.05) is 18.1 Å². The molecule has 154 valence electrons. The second-order valence-corrected chi connectivity index (χ2v) is 7.09. The fourth-order valence-corrected chi connectivity index (χ4v) is 3.53. The molecular formula is C22H21N3O4S. The zero-order chi connectivity index (χ0) is 21.8. The van der Waals surface area contributed by atoms with Crippen LogP contribution in [0.1, 0.15) is 15.9 Å². The number of hydrogen-bond acceptors (Lipinski definition) is 6. The van der Waals surface area contributed by atoms with Gasteiger partial charge in [-0.15, -0.1) is 0 Å². The lowest BCUT2D eigenvalue weighted by atomic mass is 9.97. The highest BCUT2D eigenvalue weighted by molar-refractivity contribution is 7.99. The number of methoxy groups -OCH3 is 1. The van der Waals surface area contributed by atoms with Crippen LogP contribution in [0.3, 0.4) is 0 Å². The van der Waals surface area contributed by atoms with Gasteiger partial charge in [-0.1, -0.05) is 49.4 Å². The minimum Gasteiger partial charge on any atom is -0.464 e. The summed E-state index contributed by atoms with van der Waals surface area (Å²) in [7, 11) is 1.18. The maximum Gasteiger partial charge on any atom is 0.353 e. The van der Waals surface area contributed by atoms with Gasteiger partial charge in [-0.3, -0.25) is 14.5 Å². The van der Waals surface area contributed by atoms with Gasteiger partial charge in [0.1, 0.15) is 11.4 Å². The molecular weight excluding hydrogens is 402 g/mol. The SMILES string of the molecule is C=C(NC(=O)C(=C)N1Cc2c(cccc2-c2ccc(NSC)cc2)C1=O)C(=O)OC. The summed E-state index contributed by atoms with van der Waals surface area (Å²) in [6.07, 6.45) is 1.95. The van der Waals surface area contributed by atoms with Crippen molar-refractivity contribution >= 4 is 35.4 Å². The molecule has 30 heavy (non-hydrogen) atoms. The average Bonchev–Trinajstić information content (AvgIpc) is 3.10. The standard InChI is InChI=1S/C22H21N3O4S/c1-13(22(28)29-3)23-20(26)14(2)25-12-19-17(6-5-7-18(19)21(25)27)15-8-10-16(11-9-15)24-30-4/h5-11,24H,1-2,12H2,3-4H3,(H,23,26). The van der Waals surface area contributed by atoms with Gasteiger partial charge in [-0.25, -0.2) is 4.79 Å². The molecule has 1 aliphatic heterocycles. The van der Waals surface area contributed by atoms with Crippen LogP contribution >= 0.6 is 11.9 Å². The number of rotatable bonds is 7. The van der Waals surface area contributed by atoms with E-state index in [9.17, 15) is 14.4 Å². The summed E-state index contributed by atoms with van der Waals surface area (Å²) in [5.41, 5.74) is 3.87. The predicted octanol–water partition coefficient (Wildman–Crippen LogP) is 3.32. The Labute approximate surface area is 178 Å². The van der Waals surface area contributed by atoms with Crippen LogP contribution in [0.2, 0.25) is 0 Å². The smallest absolute Gasteiger partial charge is 0.353 e. The number of nitrogens with zero attached hydrogens (tertiary/aromatic N) is 1. The quantitative estimate of drug-likeness (QED) is 0.404. The topological polar surface area (TPSA) is 87.7 Å². The number of carbonyl (C=O) groups is 3. The number of anilines is 1. The third-order valence-electron chi connectivity index (χ3n) is 4.67. The van der Waals surface area contributed by atoms with Gasteiger partial charge in [0.25, 0.3) is 11.8 Å². The Bertz CT molecular complexity index is 1050. The summed E-state index contributed by atoms with van der Waals surface area (Å²) in [6.45, 7) is 7.38. The van der Waals surface area contributed by atoms with Crippen LogP contribution in [0.5, 0.6) is 0 Å². The van der Waals surface area contributed by atoms with Gasteiger partial charge in [0.15, 0.2) is 0 Å². The highest BCUT2D eigenvalue weighted by Gasteiger charge is 2.33. The van der Waals surface area contributed by atoms with Crippen molar-refractivity contribution in [1.29, 1.82) is 0 Å². The molecule has 8 heteroatoms. The van der Waals surface area contributed by atoms with Gasteiger partial charge in [-0.05, 0) is 34.9 Å². The molecule has 2 aromatic rings. The van der Waals surface area contributed by atoms with Crippen LogP contribution < -0.4 is 10.0 Å². The first-order valence-electron chi connectivity index (χ1n) is 8.98. The summed E-state index contributed by atoms with van der Waals surface area (Å²) in [6, 6.07) is 13.4. The number of ether oxygens (including phenoxy) is 1. The number of hydrogen-bond donors (Lipinski definition) is 2. The summed E-state index contributed by atoms with van der Waals surface area (Å²) in [5.74, 6) is -1.79. The second-order valence-electron chi connectivity index (χ2n) is 6.48. The number of amides is 2. The molecule has 2 aromatic carbocycles.